The third-order valence-corrected chi connectivity index (χ3v) is 7.67. The van der Waals surface area contributed by atoms with E-state index >= 15 is 0 Å². The summed E-state index contributed by atoms with van der Waals surface area (Å²) in [7, 11) is 0. The van der Waals surface area contributed by atoms with Crippen molar-refractivity contribution in [2.75, 3.05) is 11.0 Å². The minimum absolute atomic E-state index is 0.0396. The first-order chi connectivity index (χ1) is 10.2. The van der Waals surface area contributed by atoms with E-state index in [1.807, 2.05) is 6.26 Å². The highest BCUT2D eigenvalue weighted by molar-refractivity contribution is 7.99. The van der Waals surface area contributed by atoms with E-state index < -0.39 is 0 Å². The Kier molecular flexibility index (Phi) is 1.67. The van der Waals surface area contributed by atoms with E-state index in [1.54, 1.807) is 6.07 Å². The Hall–Kier alpha value is -1.23. The number of hydrogen-bond acceptors (Lipinski definition) is 3. The smallest absolute Gasteiger partial charge is 0.253 e. The normalized spacial score (nSPS) is 51.4. The second-order valence-corrected chi connectivity index (χ2v) is 7.88. The van der Waals surface area contributed by atoms with Crippen LogP contribution in [0.25, 0.3) is 0 Å². The highest BCUT2D eigenvalue weighted by Gasteiger charge is 3.04. The summed E-state index contributed by atoms with van der Waals surface area (Å²) in [5.41, 5.74) is 1.27. The molecule has 0 spiro atoms. The van der Waals surface area contributed by atoms with Gasteiger partial charge >= 0.3 is 0 Å². The van der Waals surface area contributed by atoms with Crippen molar-refractivity contribution in [3.05, 3.63) is 29.6 Å². The lowest BCUT2D eigenvalue weighted by molar-refractivity contribution is -0.577. The van der Waals surface area contributed by atoms with E-state index in [4.69, 9.17) is 0 Å². The highest BCUT2D eigenvalue weighted by atomic mass is 32.2. The molecule has 0 bridgehead atoms. The van der Waals surface area contributed by atoms with Crippen molar-refractivity contribution in [1.82, 2.24) is 5.32 Å². The van der Waals surface area contributed by atoms with Crippen LogP contribution < -0.4 is 10.0 Å². The molecule has 1 amide bonds. The van der Waals surface area contributed by atoms with E-state index in [0.717, 1.165) is 41.4 Å². The zero-order chi connectivity index (χ0) is 14.1. The van der Waals surface area contributed by atoms with Crippen molar-refractivity contribution in [2.24, 2.45) is 41.4 Å². The molecular formula is C16H15FN2OS. The van der Waals surface area contributed by atoms with Gasteiger partial charge in [0.05, 0.1) is 16.8 Å². The molecule has 0 saturated heterocycles. The highest BCUT2D eigenvalue weighted by Crippen LogP contribution is 3.02. The molecule has 0 atom stereocenters. The summed E-state index contributed by atoms with van der Waals surface area (Å²) in [6.45, 7) is 0. The maximum Gasteiger partial charge on any atom is 0.253 e. The molecule has 0 aromatic heterocycles. The quantitative estimate of drug-likeness (QED) is 0.839. The zero-order valence-electron chi connectivity index (χ0n) is 11.5. The predicted octanol–water partition coefficient (Wildman–Crippen LogP) is 2.37. The molecule has 6 aliphatic carbocycles. The number of hydrogen-bond donors (Lipinski definition) is 2. The molecule has 6 fully saturated rings. The average molecular weight is 302 g/mol. The van der Waals surface area contributed by atoms with Gasteiger partial charge in [0.25, 0.3) is 5.91 Å². The number of carbonyl (C=O) groups is 1. The molecule has 21 heavy (non-hydrogen) atoms. The van der Waals surface area contributed by atoms with Gasteiger partial charge in [0.1, 0.15) is 5.82 Å². The second-order valence-electron chi connectivity index (χ2n) is 7.27. The SMILES string of the molecule is CSNc1cc(F)ccc1C(=O)NC12C3C4C5C3C1C5C42. The van der Waals surface area contributed by atoms with Crippen LogP contribution in [0.2, 0.25) is 0 Å². The summed E-state index contributed by atoms with van der Waals surface area (Å²) >= 11 is 1.37. The average Bonchev–Trinajstić information content (AvgIpc) is 2.48. The number of anilines is 1. The van der Waals surface area contributed by atoms with E-state index in [2.05, 4.69) is 10.0 Å². The molecule has 3 nitrogen and oxygen atoms in total. The minimum Gasteiger partial charge on any atom is -0.346 e. The molecule has 6 aliphatic rings. The predicted molar refractivity (Wildman–Crippen MR) is 78.2 cm³/mol. The van der Waals surface area contributed by atoms with Crippen molar-refractivity contribution in [3.8, 4) is 0 Å². The fourth-order valence-corrected chi connectivity index (χ4v) is 7.24. The van der Waals surface area contributed by atoms with E-state index in [0.29, 0.717) is 11.3 Å². The van der Waals surface area contributed by atoms with Gasteiger partial charge in [-0.3, -0.25) is 4.79 Å². The number of nitrogens with one attached hydrogen (secondary N) is 2. The largest absolute Gasteiger partial charge is 0.346 e. The first-order valence-corrected chi connectivity index (χ1v) is 8.83. The number of rotatable bonds is 4. The molecule has 5 heteroatoms. The Morgan fingerprint density at radius 3 is 2.48 bits per heavy atom. The molecule has 108 valence electrons. The topological polar surface area (TPSA) is 41.1 Å². The second kappa shape index (κ2) is 3.09. The number of halogens is 1. The van der Waals surface area contributed by atoms with Crippen LogP contribution in [0.4, 0.5) is 10.1 Å². The van der Waals surface area contributed by atoms with Crippen molar-refractivity contribution >= 4 is 23.5 Å². The van der Waals surface area contributed by atoms with Crippen molar-refractivity contribution in [3.63, 3.8) is 0 Å². The molecule has 0 heterocycles. The molecule has 0 aliphatic heterocycles. The molecule has 6 saturated carbocycles. The Bertz CT molecular complexity index is 669. The van der Waals surface area contributed by atoms with Gasteiger partial charge in [-0.2, -0.15) is 0 Å². The Labute approximate surface area is 126 Å². The number of carbonyl (C=O) groups excluding carboxylic acids is 1. The fraction of sp³-hybridized carbons (Fsp3) is 0.562. The molecular weight excluding hydrogens is 287 g/mol. The lowest BCUT2D eigenvalue weighted by Gasteiger charge is -3.07. The summed E-state index contributed by atoms with van der Waals surface area (Å²) in [5.74, 6) is 5.87. The van der Waals surface area contributed by atoms with Crippen molar-refractivity contribution in [1.29, 1.82) is 0 Å². The van der Waals surface area contributed by atoms with Crippen molar-refractivity contribution in [2.45, 2.75) is 5.54 Å². The lowest BCUT2D eigenvalue weighted by Crippen LogP contribution is -3.11. The Morgan fingerprint density at radius 2 is 1.86 bits per heavy atom. The van der Waals surface area contributed by atoms with Crippen LogP contribution in [0.1, 0.15) is 10.4 Å². The van der Waals surface area contributed by atoms with Gasteiger partial charge in [0, 0.05) is 6.26 Å². The monoisotopic (exact) mass is 302 g/mol. The first kappa shape index (κ1) is 11.4. The molecule has 1 aromatic rings. The Balaban J connectivity index is 1.29. The van der Waals surface area contributed by atoms with Crippen LogP contribution >= 0.6 is 11.9 Å². The van der Waals surface area contributed by atoms with Gasteiger partial charge in [-0.05, 0) is 59.6 Å². The molecule has 0 unspecified atom stereocenters. The molecule has 2 N–H and O–H groups in total. The third kappa shape index (κ3) is 0.873. The first-order valence-electron chi connectivity index (χ1n) is 7.61. The third-order valence-electron chi connectivity index (χ3n) is 7.24. The summed E-state index contributed by atoms with van der Waals surface area (Å²) < 4.78 is 16.4. The van der Waals surface area contributed by atoms with Gasteiger partial charge in [-0.1, -0.05) is 11.9 Å². The maximum absolute atomic E-state index is 13.4. The van der Waals surface area contributed by atoms with Crippen LogP contribution in [-0.4, -0.2) is 17.7 Å². The van der Waals surface area contributed by atoms with Gasteiger partial charge in [0.15, 0.2) is 0 Å². The van der Waals surface area contributed by atoms with Gasteiger partial charge in [-0.25, -0.2) is 4.39 Å². The van der Waals surface area contributed by atoms with E-state index in [9.17, 15) is 9.18 Å². The van der Waals surface area contributed by atoms with Crippen LogP contribution in [0.5, 0.6) is 0 Å². The maximum atomic E-state index is 13.4. The summed E-state index contributed by atoms with van der Waals surface area (Å²) in [6.07, 6.45) is 1.87. The summed E-state index contributed by atoms with van der Waals surface area (Å²) in [6, 6.07) is 4.34. The molecule has 1 aromatic carbocycles. The Morgan fingerprint density at radius 1 is 1.19 bits per heavy atom. The number of benzene rings is 1. The molecule has 0 radical (unpaired) electrons. The minimum atomic E-state index is -0.320. The molecule has 7 rings (SSSR count). The van der Waals surface area contributed by atoms with E-state index in [-0.39, 0.29) is 17.3 Å². The standard InChI is InChI=1S/C16H15FN2OS/c1-21-19-7-4-5(17)2-3-6(7)15(20)18-16-12-9-8-10(12)14(16)11(8)13(9)16/h2-4,8-14,19H,1H3,(H,18,20). The van der Waals surface area contributed by atoms with Crippen LogP contribution in [0, 0.1) is 47.2 Å². The van der Waals surface area contributed by atoms with Gasteiger partial charge in [-0.15, -0.1) is 0 Å². The zero-order valence-corrected chi connectivity index (χ0v) is 12.3. The lowest BCUT2D eigenvalue weighted by atomic mass is 8.98. The van der Waals surface area contributed by atoms with Gasteiger partial charge < -0.3 is 10.0 Å². The van der Waals surface area contributed by atoms with E-state index in [1.165, 1.54) is 24.1 Å². The van der Waals surface area contributed by atoms with Gasteiger partial charge in [0.2, 0.25) is 0 Å². The fourth-order valence-electron chi connectivity index (χ4n) is 6.85. The number of amides is 1. The van der Waals surface area contributed by atoms with Crippen molar-refractivity contribution < 1.29 is 9.18 Å². The summed E-state index contributed by atoms with van der Waals surface area (Å²) in [4.78, 5) is 12.7. The summed E-state index contributed by atoms with van der Waals surface area (Å²) in [5, 5.41) is 3.33. The van der Waals surface area contributed by atoms with Crippen LogP contribution in [-0.2, 0) is 0 Å². The van der Waals surface area contributed by atoms with Crippen LogP contribution in [0.15, 0.2) is 18.2 Å². The van der Waals surface area contributed by atoms with Crippen LogP contribution in [0.3, 0.4) is 0 Å².